The fourth-order valence-electron chi connectivity index (χ4n) is 3.03. The predicted octanol–water partition coefficient (Wildman–Crippen LogP) is 2.52. The third kappa shape index (κ3) is 4.78. The summed E-state index contributed by atoms with van der Waals surface area (Å²) in [6, 6.07) is 14.4. The number of hydrogen-bond acceptors (Lipinski definition) is 4. The van der Waals surface area contributed by atoms with Crippen molar-refractivity contribution in [1.82, 2.24) is 9.80 Å². The SMILES string of the molecule is Cc1ccc(CC(=O)CN2CCN(Cc3ccccc3)CC2)o1. The van der Waals surface area contributed by atoms with Gasteiger partial charge in [0.15, 0.2) is 5.78 Å². The third-order valence-corrected chi connectivity index (χ3v) is 4.28. The van der Waals surface area contributed by atoms with Crippen molar-refractivity contribution in [1.29, 1.82) is 0 Å². The number of piperazine rings is 1. The van der Waals surface area contributed by atoms with E-state index >= 15 is 0 Å². The fourth-order valence-corrected chi connectivity index (χ4v) is 3.03. The van der Waals surface area contributed by atoms with Gasteiger partial charge in [0.1, 0.15) is 11.5 Å². The number of ketones is 1. The van der Waals surface area contributed by atoms with Crippen molar-refractivity contribution < 1.29 is 9.21 Å². The Morgan fingerprint density at radius 3 is 2.35 bits per heavy atom. The highest BCUT2D eigenvalue weighted by atomic mass is 16.3. The molecule has 0 saturated carbocycles. The van der Waals surface area contributed by atoms with Gasteiger partial charge in [-0.3, -0.25) is 14.6 Å². The second-order valence-electron chi connectivity index (χ2n) is 6.27. The summed E-state index contributed by atoms with van der Waals surface area (Å²) in [6.45, 7) is 7.36. The van der Waals surface area contributed by atoms with Crippen LogP contribution in [0.25, 0.3) is 0 Å². The van der Waals surface area contributed by atoms with Crippen LogP contribution in [0.5, 0.6) is 0 Å². The molecule has 122 valence electrons. The van der Waals surface area contributed by atoms with Gasteiger partial charge >= 0.3 is 0 Å². The Morgan fingerprint density at radius 2 is 1.70 bits per heavy atom. The molecule has 1 saturated heterocycles. The van der Waals surface area contributed by atoms with Crippen molar-refractivity contribution in [2.75, 3.05) is 32.7 Å². The molecule has 2 heterocycles. The van der Waals surface area contributed by atoms with Crippen molar-refractivity contribution >= 4 is 5.78 Å². The predicted molar refractivity (Wildman–Crippen MR) is 90.3 cm³/mol. The van der Waals surface area contributed by atoms with Crippen molar-refractivity contribution in [2.45, 2.75) is 19.9 Å². The molecular formula is C19H24N2O2. The molecule has 1 aromatic heterocycles. The van der Waals surface area contributed by atoms with Gasteiger partial charge in [0, 0.05) is 32.7 Å². The maximum Gasteiger partial charge on any atom is 0.154 e. The number of rotatable bonds is 6. The van der Waals surface area contributed by atoms with Crippen LogP contribution in [-0.4, -0.2) is 48.3 Å². The molecule has 1 aliphatic rings. The molecule has 2 aromatic rings. The maximum absolute atomic E-state index is 12.1. The van der Waals surface area contributed by atoms with Gasteiger partial charge in [-0.05, 0) is 24.6 Å². The van der Waals surface area contributed by atoms with E-state index in [0.29, 0.717) is 13.0 Å². The molecular weight excluding hydrogens is 288 g/mol. The molecule has 0 N–H and O–H groups in total. The molecule has 0 bridgehead atoms. The van der Waals surface area contributed by atoms with Crippen LogP contribution in [0.1, 0.15) is 17.1 Å². The molecule has 23 heavy (non-hydrogen) atoms. The number of benzene rings is 1. The highest BCUT2D eigenvalue weighted by molar-refractivity contribution is 5.82. The summed E-state index contributed by atoms with van der Waals surface area (Å²) in [5.41, 5.74) is 1.35. The van der Waals surface area contributed by atoms with E-state index in [1.165, 1.54) is 5.56 Å². The van der Waals surface area contributed by atoms with E-state index in [9.17, 15) is 4.79 Å². The summed E-state index contributed by atoms with van der Waals surface area (Å²) >= 11 is 0. The van der Waals surface area contributed by atoms with Crippen molar-refractivity contribution in [2.24, 2.45) is 0 Å². The number of carbonyl (C=O) groups is 1. The second kappa shape index (κ2) is 7.57. The van der Waals surface area contributed by atoms with E-state index in [4.69, 9.17) is 4.42 Å². The third-order valence-electron chi connectivity index (χ3n) is 4.28. The van der Waals surface area contributed by atoms with Crippen LogP contribution in [0.2, 0.25) is 0 Å². The Bertz CT molecular complexity index is 628. The number of hydrogen-bond donors (Lipinski definition) is 0. The summed E-state index contributed by atoms with van der Waals surface area (Å²) in [5, 5.41) is 0. The smallest absolute Gasteiger partial charge is 0.154 e. The zero-order chi connectivity index (χ0) is 16.1. The Balaban J connectivity index is 1.41. The summed E-state index contributed by atoms with van der Waals surface area (Å²) in [5.74, 6) is 1.87. The first-order chi connectivity index (χ1) is 11.2. The molecule has 1 aliphatic heterocycles. The maximum atomic E-state index is 12.1. The van der Waals surface area contributed by atoms with Crippen LogP contribution in [0.4, 0.5) is 0 Å². The number of aryl methyl sites for hydroxylation is 1. The molecule has 3 rings (SSSR count). The summed E-state index contributed by atoms with van der Waals surface area (Å²) in [4.78, 5) is 16.8. The van der Waals surface area contributed by atoms with Gasteiger partial charge < -0.3 is 4.42 Å². The summed E-state index contributed by atoms with van der Waals surface area (Å²) in [7, 11) is 0. The van der Waals surface area contributed by atoms with Gasteiger partial charge in [-0.25, -0.2) is 0 Å². The zero-order valence-corrected chi connectivity index (χ0v) is 13.7. The Morgan fingerprint density at radius 1 is 1.00 bits per heavy atom. The molecule has 1 aromatic carbocycles. The molecule has 1 fully saturated rings. The van der Waals surface area contributed by atoms with Crippen molar-refractivity contribution in [3.8, 4) is 0 Å². The number of nitrogens with zero attached hydrogens (tertiary/aromatic N) is 2. The number of furan rings is 1. The Labute approximate surface area is 137 Å². The average Bonchev–Trinajstić information content (AvgIpc) is 2.95. The van der Waals surface area contributed by atoms with Crippen LogP contribution in [0.3, 0.4) is 0 Å². The first kappa shape index (κ1) is 16.0. The number of Topliss-reactive ketones (excluding diaryl/α,β-unsaturated/α-hetero) is 1. The quantitative estimate of drug-likeness (QED) is 0.821. The van der Waals surface area contributed by atoms with E-state index in [-0.39, 0.29) is 5.78 Å². The van der Waals surface area contributed by atoms with Crippen LogP contribution >= 0.6 is 0 Å². The van der Waals surface area contributed by atoms with E-state index in [1.807, 2.05) is 25.1 Å². The molecule has 0 spiro atoms. The molecule has 0 radical (unpaired) electrons. The summed E-state index contributed by atoms with van der Waals surface area (Å²) in [6.07, 6.45) is 0.401. The Hall–Kier alpha value is -1.91. The van der Waals surface area contributed by atoms with E-state index in [1.54, 1.807) is 0 Å². The average molecular weight is 312 g/mol. The fraction of sp³-hybridized carbons (Fsp3) is 0.421. The van der Waals surface area contributed by atoms with Gasteiger partial charge in [-0.1, -0.05) is 30.3 Å². The minimum atomic E-state index is 0.232. The van der Waals surface area contributed by atoms with Crippen molar-refractivity contribution in [3.05, 3.63) is 59.5 Å². The second-order valence-corrected chi connectivity index (χ2v) is 6.27. The van der Waals surface area contributed by atoms with Gasteiger partial charge in [0.25, 0.3) is 0 Å². The van der Waals surface area contributed by atoms with E-state index in [0.717, 1.165) is 44.2 Å². The first-order valence-electron chi connectivity index (χ1n) is 8.25. The lowest BCUT2D eigenvalue weighted by Crippen LogP contribution is -2.47. The highest BCUT2D eigenvalue weighted by Gasteiger charge is 2.19. The van der Waals surface area contributed by atoms with Crippen LogP contribution in [-0.2, 0) is 17.8 Å². The molecule has 4 nitrogen and oxygen atoms in total. The molecule has 4 heteroatoms. The van der Waals surface area contributed by atoms with Crippen molar-refractivity contribution in [3.63, 3.8) is 0 Å². The van der Waals surface area contributed by atoms with Crippen LogP contribution < -0.4 is 0 Å². The lowest BCUT2D eigenvalue weighted by Gasteiger charge is -2.34. The van der Waals surface area contributed by atoms with Crippen LogP contribution in [0.15, 0.2) is 46.9 Å². The monoisotopic (exact) mass is 312 g/mol. The number of carbonyl (C=O) groups excluding carboxylic acids is 1. The van der Waals surface area contributed by atoms with Gasteiger partial charge in [0.05, 0.1) is 13.0 Å². The molecule has 0 aliphatic carbocycles. The zero-order valence-electron chi connectivity index (χ0n) is 13.7. The lowest BCUT2D eigenvalue weighted by atomic mass is 10.2. The topological polar surface area (TPSA) is 36.7 Å². The minimum Gasteiger partial charge on any atom is -0.466 e. The van der Waals surface area contributed by atoms with E-state index < -0.39 is 0 Å². The largest absolute Gasteiger partial charge is 0.466 e. The lowest BCUT2D eigenvalue weighted by molar-refractivity contribution is -0.120. The van der Waals surface area contributed by atoms with Gasteiger partial charge in [0.2, 0.25) is 0 Å². The first-order valence-corrected chi connectivity index (χ1v) is 8.25. The van der Waals surface area contributed by atoms with Gasteiger partial charge in [-0.15, -0.1) is 0 Å². The molecule has 0 unspecified atom stereocenters. The molecule has 0 amide bonds. The normalized spacial score (nSPS) is 16.6. The molecule has 0 atom stereocenters. The van der Waals surface area contributed by atoms with Gasteiger partial charge in [-0.2, -0.15) is 0 Å². The standard InChI is InChI=1S/C19H24N2O2/c1-16-7-8-19(23-16)13-18(22)15-21-11-9-20(10-12-21)14-17-5-3-2-4-6-17/h2-8H,9-15H2,1H3. The van der Waals surface area contributed by atoms with Crippen LogP contribution in [0, 0.1) is 6.92 Å². The van der Waals surface area contributed by atoms with E-state index in [2.05, 4.69) is 34.1 Å². The Kier molecular flexibility index (Phi) is 5.26. The summed E-state index contributed by atoms with van der Waals surface area (Å²) < 4.78 is 5.48. The highest BCUT2D eigenvalue weighted by Crippen LogP contribution is 2.10. The minimum absolute atomic E-state index is 0.232.